The van der Waals surface area contributed by atoms with Crippen molar-refractivity contribution in [1.82, 2.24) is 15.3 Å². The first kappa shape index (κ1) is 11.3. The second kappa shape index (κ2) is 4.78. The van der Waals surface area contributed by atoms with Crippen LogP contribution < -0.4 is 10.9 Å². The molecular formula is C12H19N3O. The van der Waals surface area contributed by atoms with Gasteiger partial charge in [0, 0.05) is 5.56 Å². The van der Waals surface area contributed by atoms with E-state index in [1.165, 1.54) is 12.8 Å². The molecular weight excluding hydrogens is 202 g/mol. The molecule has 16 heavy (non-hydrogen) atoms. The van der Waals surface area contributed by atoms with E-state index < -0.39 is 0 Å². The van der Waals surface area contributed by atoms with E-state index in [9.17, 15) is 4.79 Å². The highest BCUT2D eigenvalue weighted by Gasteiger charge is 2.16. The summed E-state index contributed by atoms with van der Waals surface area (Å²) in [5.41, 5.74) is 1.77. The van der Waals surface area contributed by atoms with Crippen LogP contribution in [-0.2, 0) is 6.42 Å². The summed E-state index contributed by atoms with van der Waals surface area (Å²) < 4.78 is 0. The molecule has 1 aliphatic rings. The molecule has 0 spiro atoms. The Morgan fingerprint density at radius 2 is 2.00 bits per heavy atom. The Morgan fingerprint density at radius 3 is 2.69 bits per heavy atom. The number of rotatable bonds is 2. The lowest BCUT2D eigenvalue weighted by Gasteiger charge is -2.22. The molecule has 1 aromatic heterocycles. The fraction of sp³-hybridized carbons (Fsp3) is 0.667. The van der Waals surface area contributed by atoms with Crippen molar-refractivity contribution in [1.29, 1.82) is 0 Å². The Morgan fingerprint density at radius 1 is 1.31 bits per heavy atom. The molecule has 2 N–H and O–H groups in total. The molecule has 4 nitrogen and oxygen atoms in total. The fourth-order valence-corrected chi connectivity index (χ4v) is 2.26. The molecule has 0 bridgehead atoms. The van der Waals surface area contributed by atoms with Crippen LogP contribution in [-0.4, -0.2) is 23.1 Å². The minimum atomic E-state index is 0.0106. The first-order valence-corrected chi connectivity index (χ1v) is 5.94. The lowest BCUT2D eigenvalue weighted by molar-refractivity contribution is 0.369. The fourth-order valence-electron chi connectivity index (χ4n) is 2.26. The summed E-state index contributed by atoms with van der Waals surface area (Å²) in [6.07, 6.45) is 3.32. The molecule has 2 heterocycles. The summed E-state index contributed by atoms with van der Waals surface area (Å²) in [5.74, 6) is 1.40. The van der Waals surface area contributed by atoms with Crippen LogP contribution in [0.15, 0.2) is 4.79 Å². The number of aromatic nitrogens is 2. The van der Waals surface area contributed by atoms with E-state index in [1.807, 2.05) is 13.8 Å². The predicted octanol–water partition coefficient (Wildman–Crippen LogP) is 0.929. The highest BCUT2D eigenvalue weighted by molar-refractivity contribution is 5.16. The van der Waals surface area contributed by atoms with E-state index in [1.54, 1.807) is 0 Å². The van der Waals surface area contributed by atoms with Gasteiger partial charge in [-0.05, 0) is 52.1 Å². The van der Waals surface area contributed by atoms with Crippen LogP contribution in [0.3, 0.4) is 0 Å². The molecule has 0 saturated carbocycles. The van der Waals surface area contributed by atoms with Gasteiger partial charge >= 0.3 is 0 Å². The topological polar surface area (TPSA) is 57.8 Å². The van der Waals surface area contributed by atoms with Gasteiger partial charge in [0.1, 0.15) is 5.82 Å². The van der Waals surface area contributed by atoms with Gasteiger partial charge in [-0.15, -0.1) is 0 Å². The summed E-state index contributed by atoms with van der Waals surface area (Å²) in [5, 5.41) is 3.35. The summed E-state index contributed by atoms with van der Waals surface area (Å²) in [6.45, 7) is 5.88. The average Bonchev–Trinajstić information content (AvgIpc) is 2.27. The van der Waals surface area contributed by atoms with E-state index in [-0.39, 0.29) is 5.56 Å². The van der Waals surface area contributed by atoms with Crippen LogP contribution in [0.25, 0.3) is 0 Å². The van der Waals surface area contributed by atoms with E-state index in [0.29, 0.717) is 5.92 Å². The third-order valence-corrected chi connectivity index (χ3v) is 3.31. The molecule has 0 atom stereocenters. The van der Waals surface area contributed by atoms with E-state index in [2.05, 4.69) is 15.3 Å². The van der Waals surface area contributed by atoms with Crippen LogP contribution in [0.2, 0.25) is 0 Å². The monoisotopic (exact) mass is 221 g/mol. The number of nitrogens with zero attached hydrogens (tertiary/aromatic N) is 1. The molecule has 88 valence electrons. The molecule has 0 radical (unpaired) electrons. The predicted molar refractivity (Wildman–Crippen MR) is 63.6 cm³/mol. The van der Waals surface area contributed by atoms with Crippen molar-refractivity contribution in [3.63, 3.8) is 0 Å². The Bertz CT molecular complexity index is 419. The SMILES string of the molecule is Cc1nc(CC2CCNCC2)c(C)c(=O)[nH]1. The number of hydrogen-bond acceptors (Lipinski definition) is 3. The van der Waals surface area contributed by atoms with Crippen LogP contribution in [0.1, 0.15) is 29.9 Å². The summed E-state index contributed by atoms with van der Waals surface area (Å²) >= 11 is 0. The molecule has 0 aliphatic carbocycles. The molecule has 0 unspecified atom stereocenters. The normalized spacial score (nSPS) is 17.6. The van der Waals surface area contributed by atoms with Crippen molar-refractivity contribution in [3.8, 4) is 0 Å². The van der Waals surface area contributed by atoms with Gasteiger partial charge in [0.15, 0.2) is 0 Å². The van der Waals surface area contributed by atoms with Gasteiger partial charge in [0.2, 0.25) is 0 Å². The second-order valence-electron chi connectivity index (χ2n) is 4.62. The zero-order valence-electron chi connectivity index (χ0n) is 9.97. The average molecular weight is 221 g/mol. The van der Waals surface area contributed by atoms with Gasteiger partial charge in [-0.1, -0.05) is 0 Å². The first-order chi connectivity index (χ1) is 7.66. The number of aromatic amines is 1. The van der Waals surface area contributed by atoms with Crippen LogP contribution >= 0.6 is 0 Å². The van der Waals surface area contributed by atoms with Crippen molar-refractivity contribution in [3.05, 3.63) is 27.4 Å². The molecule has 1 aromatic rings. The van der Waals surface area contributed by atoms with Crippen LogP contribution in [0, 0.1) is 19.8 Å². The zero-order chi connectivity index (χ0) is 11.5. The number of hydrogen-bond donors (Lipinski definition) is 2. The Balaban J connectivity index is 2.16. The molecule has 2 rings (SSSR count). The van der Waals surface area contributed by atoms with E-state index in [4.69, 9.17) is 0 Å². The summed E-state index contributed by atoms with van der Waals surface area (Å²) in [4.78, 5) is 18.8. The Hall–Kier alpha value is -1.16. The highest BCUT2D eigenvalue weighted by atomic mass is 16.1. The van der Waals surface area contributed by atoms with Gasteiger partial charge in [0.05, 0.1) is 5.69 Å². The second-order valence-corrected chi connectivity index (χ2v) is 4.62. The van der Waals surface area contributed by atoms with Crippen molar-refractivity contribution in [2.45, 2.75) is 33.1 Å². The van der Waals surface area contributed by atoms with Gasteiger partial charge in [0.25, 0.3) is 5.56 Å². The van der Waals surface area contributed by atoms with Crippen molar-refractivity contribution < 1.29 is 0 Å². The Labute approximate surface area is 95.5 Å². The number of H-pyrrole nitrogens is 1. The summed E-state index contributed by atoms with van der Waals surface area (Å²) in [6, 6.07) is 0. The third-order valence-electron chi connectivity index (χ3n) is 3.31. The highest BCUT2D eigenvalue weighted by Crippen LogP contribution is 2.17. The van der Waals surface area contributed by atoms with Gasteiger partial charge in [-0.2, -0.15) is 0 Å². The van der Waals surface area contributed by atoms with Gasteiger partial charge in [-0.3, -0.25) is 4.79 Å². The van der Waals surface area contributed by atoms with Gasteiger partial charge < -0.3 is 10.3 Å². The number of aryl methyl sites for hydroxylation is 1. The van der Waals surface area contributed by atoms with E-state index in [0.717, 1.165) is 36.6 Å². The zero-order valence-corrected chi connectivity index (χ0v) is 9.97. The summed E-state index contributed by atoms with van der Waals surface area (Å²) in [7, 11) is 0. The maximum absolute atomic E-state index is 11.6. The molecule has 1 fully saturated rings. The van der Waals surface area contributed by atoms with Crippen molar-refractivity contribution in [2.24, 2.45) is 5.92 Å². The smallest absolute Gasteiger partial charge is 0.254 e. The molecule has 1 saturated heterocycles. The number of piperidine rings is 1. The first-order valence-electron chi connectivity index (χ1n) is 5.94. The van der Waals surface area contributed by atoms with Gasteiger partial charge in [-0.25, -0.2) is 4.98 Å². The molecule has 4 heteroatoms. The van der Waals surface area contributed by atoms with E-state index >= 15 is 0 Å². The largest absolute Gasteiger partial charge is 0.317 e. The number of nitrogens with one attached hydrogen (secondary N) is 2. The molecule has 0 aromatic carbocycles. The minimum Gasteiger partial charge on any atom is -0.317 e. The lowest BCUT2D eigenvalue weighted by Crippen LogP contribution is -2.29. The molecule has 0 amide bonds. The maximum atomic E-state index is 11.6. The quantitative estimate of drug-likeness (QED) is 0.781. The van der Waals surface area contributed by atoms with Crippen LogP contribution in [0.5, 0.6) is 0 Å². The third kappa shape index (κ3) is 2.50. The maximum Gasteiger partial charge on any atom is 0.254 e. The van der Waals surface area contributed by atoms with Crippen molar-refractivity contribution in [2.75, 3.05) is 13.1 Å². The lowest BCUT2D eigenvalue weighted by atomic mass is 9.92. The molecule has 1 aliphatic heterocycles. The van der Waals surface area contributed by atoms with Crippen LogP contribution in [0.4, 0.5) is 0 Å². The Kier molecular flexibility index (Phi) is 3.39. The van der Waals surface area contributed by atoms with Crippen molar-refractivity contribution >= 4 is 0 Å². The standard InChI is InChI=1S/C12H19N3O/c1-8-11(14-9(2)15-12(8)16)7-10-3-5-13-6-4-10/h10,13H,3-7H2,1-2H3,(H,14,15,16). The minimum absolute atomic E-state index is 0.0106.